The van der Waals surface area contributed by atoms with Gasteiger partial charge in [-0.05, 0) is 24.4 Å². The molecule has 3 aromatic rings. The number of amides is 1. The maximum atomic E-state index is 13.2. The molecule has 3 aromatic carbocycles. The van der Waals surface area contributed by atoms with E-state index in [9.17, 15) is 19.7 Å². The van der Waals surface area contributed by atoms with Gasteiger partial charge in [0.05, 0.1) is 23.3 Å². The Morgan fingerprint density at radius 3 is 2.39 bits per heavy atom. The first-order valence-corrected chi connectivity index (χ1v) is 8.63. The van der Waals surface area contributed by atoms with E-state index >= 15 is 0 Å². The number of nitro groups is 1. The molecule has 0 heterocycles. The second kappa shape index (κ2) is 7.87. The van der Waals surface area contributed by atoms with Gasteiger partial charge in [0.2, 0.25) is 0 Å². The number of benzene rings is 3. The molecule has 0 N–H and O–H groups in total. The van der Waals surface area contributed by atoms with Gasteiger partial charge in [-0.1, -0.05) is 36.4 Å². The number of hydrogen-bond acceptors (Lipinski definition) is 5. The van der Waals surface area contributed by atoms with Gasteiger partial charge in [0.15, 0.2) is 0 Å². The number of esters is 1. The highest BCUT2D eigenvalue weighted by atomic mass is 16.6. The molecule has 0 aliphatic heterocycles. The fraction of sp³-hybridized carbons (Fsp3) is 0.143. The van der Waals surface area contributed by atoms with Crippen molar-refractivity contribution in [1.82, 2.24) is 0 Å². The Balaban J connectivity index is 2.12. The van der Waals surface area contributed by atoms with E-state index < -0.39 is 16.8 Å². The molecule has 0 spiro atoms. The van der Waals surface area contributed by atoms with Crippen LogP contribution in [0.2, 0.25) is 0 Å². The van der Waals surface area contributed by atoms with Gasteiger partial charge in [-0.15, -0.1) is 0 Å². The summed E-state index contributed by atoms with van der Waals surface area (Å²) >= 11 is 0. The van der Waals surface area contributed by atoms with Crippen molar-refractivity contribution in [1.29, 1.82) is 0 Å². The number of anilines is 1. The molecule has 0 atom stereocenters. The minimum absolute atomic E-state index is 0.0457. The average Bonchev–Trinajstić information content (AvgIpc) is 2.73. The molecule has 142 valence electrons. The summed E-state index contributed by atoms with van der Waals surface area (Å²) in [4.78, 5) is 37.2. The van der Waals surface area contributed by atoms with Crippen LogP contribution in [0.15, 0.2) is 60.7 Å². The summed E-state index contributed by atoms with van der Waals surface area (Å²) in [7, 11) is 1.18. The first kappa shape index (κ1) is 19.0. The van der Waals surface area contributed by atoms with Crippen molar-refractivity contribution in [3.05, 3.63) is 81.9 Å². The fourth-order valence-electron chi connectivity index (χ4n) is 3.10. The quantitative estimate of drug-likeness (QED) is 0.377. The van der Waals surface area contributed by atoms with Crippen molar-refractivity contribution in [2.24, 2.45) is 0 Å². The fourth-order valence-corrected chi connectivity index (χ4v) is 3.10. The van der Waals surface area contributed by atoms with Gasteiger partial charge in [-0.3, -0.25) is 14.9 Å². The summed E-state index contributed by atoms with van der Waals surface area (Å²) in [5.41, 5.74) is 0.343. The van der Waals surface area contributed by atoms with Gasteiger partial charge >= 0.3 is 5.97 Å². The number of fused-ring (bicyclic) bond motifs is 1. The number of rotatable bonds is 5. The van der Waals surface area contributed by atoms with E-state index in [4.69, 9.17) is 0 Å². The molecule has 0 saturated carbocycles. The highest BCUT2D eigenvalue weighted by Gasteiger charge is 2.23. The van der Waals surface area contributed by atoms with Gasteiger partial charge in [0.1, 0.15) is 0 Å². The van der Waals surface area contributed by atoms with E-state index in [-0.39, 0.29) is 16.8 Å². The monoisotopic (exact) mass is 378 g/mol. The molecule has 28 heavy (non-hydrogen) atoms. The molecule has 0 aromatic heterocycles. The third-order valence-electron chi connectivity index (χ3n) is 4.42. The predicted octanol–water partition coefficient (Wildman–Crippen LogP) is 4.20. The van der Waals surface area contributed by atoms with Crippen molar-refractivity contribution in [3.8, 4) is 0 Å². The summed E-state index contributed by atoms with van der Waals surface area (Å²) in [6.07, 6.45) is 0. The lowest BCUT2D eigenvalue weighted by atomic mass is 10.1. The Bertz CT molecular complexity index is 1070. The normalized spacial score (nSPS) is 10.5. The second-order valence-electron chi connectivity index (χ2n) is 6.06. The van der Waals surface area contributed by atoms with E-state index in [1.165, 1.54) is 24.1 Å². The largest absolute Gasteiger partial charge is 0.465 e. The van der Waals surface area contributed by atoms with Crippen LogP contribution < -0.4 is 4.90 Å². The first-order valence-electron chi connectivity index (χ1n) is 8.63. The highest BCUT2D eigenvalue weighted by molar-refractivity contribution is 6.11. The predicted molar refractivity (Wildman–Crippen MR) is 106 cm³/mol. The van der Waals surface area contributed by atoms with Gasteiger partial charge in [0.25, 0.3) is 11.6 Å². The van der Waals surface area contributed by atoms with Crippen LogP contribution in [0.25, 0.3) is 10.8 Å². The van der Waals surface area contributed by atoms with Gasteiger partial charge in [0, 0.05) is 29.6 Å². The number of carbonyl (C=O) groups is 2. The summed E-state index contributed by atoms with van der Waals surface area (Å²) in [6.45, 7) is 2.17. The van der Waals surface area contributed by atoms with E-state index in [2.05, 4.69) is 4.74 Å². The van der Waals surface area contributed by atoms with E-state index in [0.29, 0.717) is 12.2 Å². The van der Waals surface area contributed by atoms with E-state index in [1.807, 2.05) is 49.4 Å². The summed E-state index contributed by atoms with van der Waals surface area (Å²) in [5, 5.41) is 13.1. The zero-order valence-corrected chi connectivity index (χ0v) is 15.4. The van der Waals surface area contributed by atoms with Crippen LogP contribution in [0.1, 0.15) is 27.6 Å². The molecule has 0 radical (unpaired) electrons. The van der Waals surface area contributed by atoms with Crippen LogP contribution in [0.3, 0.4) is 0 Å². The van der Waals surface area contributed by atoms with Crippen LogP contribution >= 0.6 is 0 Å². The molecule has 7 heteroatoms. The van der Waals surface area contributed by atoms with Crippen LogP contribution in [0.4, 0.5) is 11.4 Å². The first-order chi connectivity index (χ1) is 13.5. The summed E-state index contributed by atoms with van der Waals surface area (Å²) < 4.78 is 4.65. The second-order valence-corrected chi connectivity index (χ2v) is 6.06. The van der Waals surface area contributed by atoms with Crippen molar-refractivity contribution < 1.29 is 19.2 Å². The molecule has 0 aliphatic carbocycles. The number of nitrogens with zero attached hydrogens (tertiary/aromatic N) is 2. The number of ether oxygens (including phenoxy) is 1. The van der Waals surface area contributed by atoms with Gasteiger partial charge in [-0.2, -0.15) is 0 Å². The van der Waals surface area contributed by atoms with Crippen molar-refractivity contribution in [2.45, 2.75) is 6.92 Å². The Morgan fingerprint density at radius 1 is 1.04 bits per heavy atom. The Kier molecular flexibility index (Phi) is 5.35. The van der Waals surface area contributed by atoms with E-state index in [0.717, 1.165) is 16.8 Å². The highest BCUT2D eigenvalue weighted by Crippen LogP contribution is 2.29. The lowest BCUT2D eigenvalue weighted by Crippen LogP contribution is -2.31. The smallest absolute Gasteiger partial charge is 0.338 e. The number of non-ortho nitro benzene ring substituents is 1. The van der Waals surface area contributed by atoms with Crippen LogP contribution in [0.5, 0.6) is 0 Å². The minimum atomic E-state index is -0.744. The minimum Gasteiger partial charge on any atom is -0.465 e. The SMILES string of the molecule is CCN(C(=O)c1cc(C(=O)OC)cc([N+](=O)[O-])c1)c1cccc2ccccc12. The number of carbonyl (C=O) groups excluding carboxylic acids is 2. The number of nitro benzene ring substituents is 1. The van der Waals surface area contributed by atoms with Crippen LogP contribution in [-0.4, -0.2) is 30.5 Å². The zero-order chi connectivity index (χ0) is 20.3. The Hall–Kier alpha value is -3.74. The van der Waals surface area contributed by atoms with Crippen LogP contribution in [-0.2, 0) is 4.74 Å². The molecule has 0 saturated heterocycles. The molecular formula is C21H18N2O5. The van der Waals surface area contributed by atoms with Crippen molar-refractivity contribution in [2.75, 3.05) is 18.6 Å². The lowest BCUT2D eigenvalue weighted by molar-refractivity contribution is -0.384. The molecule has 0 bridgehead atoms. The molecule has 3 rings (SSSR count). The maximum Gasteiger partial charge on any atom is 0.338 e. The standard InChI is InChI=1S/C21H18N2O5/c1-3-22(19-10-6-8-14-7-4-5-9-18(14)19)20(24)15-11-16(21(25)28-2)13-17(12-15)23(26)27/h4-13H,3H2,1-2H3. The van der Waals surface area contributed by atoms with Gasteiger partial charge in [-0.25, -0.2) is 4.79 Å². The van der Waals surface area contributed by atoms with E-state index in [1.54, 1.807) is 0 Å². The average molecular weight is 378 g/mol. The molecular weight excluding hydrogens is 360 g/mol. The lowest BCUT2D eigenvalue weighted by Gasteiger charge is -2.23. The summed E-state index contributed by atoms with van der Waals surface area (Å²) in [5.74, 6) is -1.18. The Labute approximate surface area is 161 Å². The summed E-state index contributed by atoms with van der Waals surface area (Å²) in [6, 6.07) is 16.8. The molecule has 7 nitrogen and oxygen atoms in total. The van der Waals surface area contributed by atoms with Crippen molar-refractivity contribution >= 4 is 34.0 Å². The topological polar surface area (TPSA) is 89.8 Å². The maximum absolute atomic E-state index is 13.2. The molecule has 0 aliphatic rings. The molecule has 1 amide bonds. The number of hydrogen-bond donors (Lipinski definition) is 0. The van der Waals surface area contributed by atoms with Crippen molar-refractivity contribution in [3.63, 3.8) is 0 Å². The molecule has 0 fully saturated rings. The molecule has 0 unspecified atom stereocenters. The zero-order valence-electron chi connectivity index (χ0n) is 15.4. The van der Waals surface area contributed by atoms with Gasteiger partial charge < -0.3 is 9.64 Å². The van der Waals surface area contributed by atoms with Crippen LogP contribution in [0, 0.1) is 10.1 Å². The Morgan fingerprint density at radius 2 is 1.71 bits per heavy atom. The third kappa shape index (κ3) is 3.55. The number of methoxy groups -OCH3 is 1. The third-order valence-corrected chi connectivity index (χ3v) is 4.42.